The van der Waals surface area contributed by atoms with E-state index in [1.165, 1.54) is 19.4 Å². The fraction of sp³-hybridized carbons (Fsp3) is 0.200. The highest BCUT2D eigenvalue weighted by Gasteiger charge is 2.31. The van der Waals surface area contributed by atoms with Crippen LogP contribution < -0.4 is 15.8 Å². The molecule has 0 unspecified atom stereocenters. The lowest BCUT2D eigenvalue weighted by Crippen LogP contribution is -2.26. The van der Waals surface area contributed by atoms with E-state index in [0.29, 0.717) is 0 Å². The third-order valence-corrected chi connectivity index (χ3v) is 1.89. The molecule has 0 aromatic heterocycles. The maximum Gasteiger partial charge on any atom is 0.416 e. The number of halogens is 3. The predicted octanol–water partition coefficient (Wildman–Crippen LogP) is 1.73. The van der Waals surface area contributed by atoms with E-state index in [4.69, 9.17) is 15.7 Å². The highest BCUT2D eigenvalue weighted by molar-refractivity contribution is 5.82. The van der Waals surface area contributed by atoms with E-state index in [1.54, 1.807) is 0 Å². The molecule has 0 bridgehead atoms. The Bertz CT molecular complexity index is 505. The molecular formula is C10H9F3N4O. The molecule has 5 nitrogen and oxygen atoms in total. The first kappa shape index (κ1) is 13.6. The first-order valence-electron chi connectivity index (χ1n) is 4.62. The number of benzene rings is 1. The minimum absolute atomic E-state index is 0.00617. The highest BCUT2D eigenvalue weighted by Crippen LogP contribution is 2.34. The molecule has 0 aliphatic heterocycles. The van der Waals surface area contributed by atoms with Gasteiger partial charge in [-0.15, -0.1) is 0 Å². The average molecular weight is 258 g/mol. The van der Waals surface area contributed by atoms with E-state index in [2.05, 4.69) is 4.99 Å². The van der Waals surface area contributed by atoms with Gasteiger partial charge in [-0.1, -0.05) is 0 Å². The molecule has 1 aromatic rings. The van der Waals surface area contributed by atoms with Gasteiger partial charge in [-0.3, -0.25) is 5.32 Å². The Morgan fingerprint density at radius 1 is 1.44 bits per heavy atom. The van der Waals surface area contributed by atoms with Crippen molar-refractivity contribution < 1.29 is 17.9 Å². The number of nitrogens with one attached hydrogen (secondary N) is 1. The number of guanidine groups is 1. The molecule has 0 atom stereocenters. The van der Waals surface area contributed by atoms with Crippen LogP contribution in [0.5, 0.6) is 5.75 Å². The summed E-state index contributed by atoms with van der Waals surface area (Å²) in [6.45, 7) is 0. The summed E-state index contributed by atoms with van der Waals surface area (Å²) in [7, 11) is 1.24. The number of alkyl halides is 3. The predicted molar refractivity (Wildman–Crippen MR) is 58.0 cm³/mol. The van der Waals surface area contributed by atoms with Gasteiger partial charge >= 0.3 is 6.18 Å². The standard InChI is InChI=1S/C10H9F3N4O/c1-18-8-3-6(10(11,12)13)2-7(4-8)17-9(15)16-5-14/h2-4H,1H3,(H3,15,16,17). The number of aliphatic imine (C=N–C) groups is 1. The van der Waals surface area contributed by atoms with E-state index in [-0.39, 0.29) is 17.4 Å². The van der Waals surface area contributed by atoms with Crippen LogP contribution in [0, 0.1) is 11.5 Å². The van der Waals surface area contributed by atoms with Crippen molar-refractivity contribution in [2.45, 2.75) is 6.18 Å². The van der Waals surface area contributed by atoms with Gasteiger partial charge < -0.3 is 10.5 Å². The van der Waals surface area contributed by atoms with Crippen molar-refractivity contribution in [3.05, 3.63) is 23.8 Å². The molecule has 18 heavy (non-hydrogen) atoms. The summed E-state index contributed by atoms with van der Waals surface area (Å²) in [5.41, 5.74) is 4.28. The highest BCUT2D eigenvalue weighted by atomic mass is 19.4. The van der Waals surface area contributed by atoms with Crippen LogP contribution in [0.15, 0.2) is 23.2 Å². The largest absolute Gasteiger partial charge is 0.497 e. The number of ether oxygens (including phenoxy) is 1. The van der Waals surface area contributed by atoms with Crippen molar-refractivity contribution in [2.24, 2.45) is 10.7 Å². The van der Waals surface area contributed by atoms with Gasteiger partial charge in [-0.2, -0.15) is 18.4 Å². The Kier molecular flexibility index (Phi) is 3.99. The minimum Gasteiger partial charge on any atom is -0.497 e. The SMILES string of the molecule is COc1cc(N=C(N)NC#N)cc(C(F)(F)F)c1. The van der Waals surface area contributed by atoms with Crippen LogP contribution in [0.3, 0.4) is 0 Å². The van der Waals surface area contributed by atoms with E-state index in [9.17, 15) is 13.2 Å². The normalized spacial score (nSPS) is 11.8. The van der Waals surface area contributed by atoms with E-state index < -0.39 is 11.7 Å². The molecule has 0 fully saturated rings. The van der Waals surface area contributed by atoms with Crippen molar-refractivity contribution in [1.82, 2.24) is 5.32 Å². The molecule has 0 radical (unpaired) electrons. The van der Waals surface area contributed by atoms with E-state index in [1.807, 2.05) is 5.32 Å². The zero-order valence-electron chi connectivity index (χ0n) is 9.25. The smallest absolute Gasteiger partial charge is 0.416 e. The third-order valence-electron chi connectivity index (χ3n) is 1.89. The second-order valence-electron chi connectivity index (χ2n) is 3.15. The lowest BCUT2D eigenvalue weighted by molar-refractivity contribution is -0.137. The molecule has 0 aliphatic rings. The van der Waals surface area contributed by atoms with Crippen molar-refractivity contribution in [2.75, 3.05) is 7.11 Å². The second kappa shape index (κ2) is 5.27. The quantitative estimate of drug-likeness (QED) is 0.366. The van der Waals surface area contributed by atoms with Crippen LogP contribution in [0.4, 0.5) is 18.9 Å². The molecule has 0 spiro atoms. The van der Waals surface area contributed by atoms with Gasteiger partial charge in [0.15, 0.2) is 6.19 Å². The monoisotopic (exact) mass is 258 g/mol. The molecule has 0 aliphatic carbocycles. The van der Waals surface area contributed by atoms with Crippen molar-refractivity contribution in [1.29, 1.82) is 5.26 Å². The Morgan fingerprint density at radius 2 is 2.11 bits per heavy atom. The Labute approximate surface area is 101 Å². The van der Waals surface area contributed by atoms with Crippen LogP contribution in [-0.2, 0) is 6.18 Å². The lowest BCUT2D eigenvalue weighted by atomic mass is 10.2. The first-order chi connectivity index (χ1) is 8.36. The Balaban J connectivity index is 3.21. The van der Waals surface area contributed by atoms with Gasteiger partial charge in [0.2, 0.25) is 5.96 Å². The summed E-state index contributed by atoms with van der Waals surface area (Å²) in [5.74, 6) is -0.313. The van der Waals surface area contributed by atoms with Crippen LogP contribution in [0.1, 0.15) is 5.56 Å². The zero-order valence-corrected chi connectivity index (χ0v) is 9.25. The fourth-order valence-corrected chi connectivity index (χ4v) is 1.15. The molecule has 1 aromatic carbocycles. The molecule has 3 N–H and O–H groups in total. The third kappa shape index (κ3) is 3.55. The lowest BCUT2D eigenvalue weighted by Gasteiger charge is -2.10. The van der Waals surface area contributed by atoms with E-state index >= 15 is 0 Å². The summed E-state index contributed by atoms with van der Waals surface area (Å²) in [4.78, 5) is 3.61. The van der Waals surface area contributed by atoms with Crippen molar-refractivity contribution in [3.8, 4) is 11.9 Å². The summed E-state index contributed by atoms with van der Waals surface area (Å²) in [6.07, 6.45) is -3.02. The topological polar surface area (TPSA) is 83.4 Å². The van der Waals surface area contributed by atoms with Crippen molar-refractivity contribution in [3.63, 3.8) is 0 Å². The van der Waals surface area contributed by atoms with Gasteiger partial charge in [0.1, 0.15) is 5.75 Å². The first-order valence-corrected chi connectivity index (χ1v) is 4.62. The van der Waals surface area contributed by atoms with Gasteiger partial charge in [-0.05, 0) is 12.1 Å². The maximum atomic E-state index is 12.6. The summed E-state index contributed by atoms with van der Waals surface area (Å²) < 4.78 is 42.4. The summed E-state index contributed by atoms with van der Waals surface area (Å²) >= 11 is 0. The van der Waals surface area contributed by atoms with Crippen LogP contribution in [0.25, 0.3) is 0 Å². The fourth-order valence-electron chi connectivity index (χ4n) is 1.15. The maximum absolute atomic E-state index is 12.6. The average Bonchev–Trinajstić information content (AvgIpc) is 2.27. The van der Waals surface area contributed by atoms with Crippen LogP contribution in [-0.4, -0.2) is 13.1 Å². The number of nitriles is 1. The zero-order chi connectivity index (χ0) is 13.8. The summed E-state index contributed by atoms with van der Waals surface area (Å²) in [6, 6.07) is 2.91. The molecule has 1 rings (SSSR count). The molecule has 96 valence electrons. The van der Waals surface area contributed by atoms with Crippen LogP contribution in [0.2, 0.25) is 0 Å². The van der Waals surface area contributed by atoms with Gasteiger partial charge in [0.05, 0.1) is 18.4 Å². The molecular weight excluding hydrogens is 249 g/mol. The Morgan fingerprint density at radius 3 is 2.61 bits per heavy atom. The van der Waals surface area contributed by atoms with Crippen molar-refractivity contribution >= 4 is 11.6 Å². The van der Waals surface area contributed by atoms with E-state index in [0.717, 1.165) is 12.1 Å². The number of nitrogens with zero attached hydrogens (tertiary/aromatic N) is 2. The van der Waals surface area contributed by atoms with Gasteiger partial charge in [0.25, 0.3) is 0 Å². The number of hydrogen-bond acceptors (Lipinski definition) is 3. The van der Waals surface area contributed by atoms with Gasteiger partial charge in [0, 0.05) is 6.07 Å². The molecule has 8 heteroatoms. The second-order valence-corrected chi connectivity index (χ2v) is 3.15. The number of rotatable bonds is 2. The number of nitrogens with two attached hydrogens (primary N) is 1. The Hall–Kier alpha value is -2.43. The van der Waals surface area contributed by atoms with Crippen LogP contribution >= 0.6 is 0 Å². The molecule has 0 heterocycles. The van der Waals surface area contributed by atoms with Gasteiger partial charge in [-0.25, -0.2) is 4.99 Å². The molecule has 0 amide bonds. The number of hydrogen-bond donors (Lipinski definition) is 2. The minimum atomic E-state index is -4.52. The number of methoxy groups -OCH3 is 1. The molecule has 0 saturated carbocycles. The summed E-state index contributed by atoms with van der Waals surface area (Å²) in [5, 5.41) is 10.3. The molecule has 0 saturated heterocycles.